The molecule has 0 radical (unpaired) electrons. The molecule has 2 heterocycles. The van der Waals surface area contributed by atoms with Crippen LogP contribution in [-0.2, 0) is 10.0 Å². The molecule has 0 unspecified atom stereocenters. The average Bonchev–Trinajstić information content (AvgIpc) is 3.21. The van der Waals surface area contributed by atoms with Crippen LogP contribution in [0, 0.1) is 11.8 Å². The van der Waals surface area contributed by atoms with Gasteiger partial charge < -0.3 is 0 Å². The average molecular weight is 480 g/mol. The van der Waals surface area contributed by atoms with Crippen LogP contribution in [0.4, 0.5) is 5.13 Å². The number of hydrogen-bond acceptors (Lipinski definition) is 5. The molecule has 0 saturated carbocycles. The molecule has 1 amide bonds. The zero-order chi connectivity index (χ0) is 23.2. The lowest BCUT2D eigenvalue weighted by atomic mass is 9.94. The number of amides is 1. The lowest BCUT2D eigenvalue weighted by Crippen LogP contribution is -2.42. The monoisotopic (exact) mass is 479 g/mol. The molecule has 0 spiro atoms. The van der Waals surface area contributed by atoms with Crippen molar-refractivity contribution in [3.63, 3.8) is 0 Å². The summed E-state index contributed by atoms with van der Waals surface area (Å²) in [4.78, 5) is 17.6. The van der Waals surface area contributed by atoms with Gasteiger partial charge in [-0.05, 0) is 54.0 Å². The number of piperidine rings is 1. The quantitative estimate of drug-likeness (QED) is 0.427. The van der Waals surface area contributed by atoms with Crippen molar-refractivity contribution in [2.75, 3.05) is 18.4 Å². The van der Waals surface area contributed by atoms with Crippen molar-refractivity contribution in [2.24, 2.45) is 11.8 Å². The Bertz CT molecular complexity index is 1440. The van der Waals surface area contributed by atoms with Gasteiger partial charge in [-0.1, -0.05) is 55.5 Å². The Morgan fingerprint density at radius 3 is 2.42 bits per heavy atom. The van der Waals surface area contributed by atoms with E-state index in [1.54, 1.807) is 16.4 Å². The number of sulfonamides is 1. The molecule has 0 bridgehead atoms. The zero-order valence-electron chi connectivity index (χ0n) is 18.5. The number of rotatable bonds is 4. The van der Waals surface area contributed by atoms with Crippen LogP contribution in [0.25, 0.3) is 21.0 Å². The maximum atomic E-state index is 13.1. The lowest BCUT2D eigenvalue weighted by Gasteiger charge is -2.34. The lowest BCUT2D eigenvalue weighted by molar-refractivity contribution is 0.102. The van der Waals surface area contributed by atoms with E-state index in [0.29, 0.717) is 35.6 Å². The van der Waals surface area contributed by atoms with Gasteiger partial charge >= 0.3 is 0 Å². The molecular formula is C25H25N3O3S2. The van der Waals surface area contributed by atoms with Crippen LogP contribution < -0.4 is 5.32 Å². The highest BCUT2D eigenvalue weighted by Gasteiger charge is 2.31. The third-order valence-electron chi connectivity index (χ3n) is 6.09. The van der Waals surface area contributed by atoms with Crippen LogP contribution in [0.3, 0.4) is 0 Å². The van der Waals surface area contributed by atoms with Crippen molar-refractivity contribution in [2.45, 2.75) is 25.2 Å². The number of hydrogen-bond donors (Lipinski definition) is 1. The van der Waals surface area contributed by atoms with Crippen LogP contribution in [-0.4, -0.2) is 36.7 Å². The first kappa shape index (κ1) is 22.0. The summed E-state index contributed by atoms with van der Waals surface area (Å²) in [5, 5.41) is 5.51. The highest BCUT2D eigenvalue weighted by Crippen LogP contribution is 2.32. The van der Waals surface area contributed by atoms with E-state index in [9.17, 15) is 13.2 Å². The molecule has 2 atom stereocenters. The second kappa shape index (κ2) is 8.52. The normalized spacial score (nSPS) is 19.7. The molecule has 1 fully saturated rings. The Balaban J connectivity index is 1.35. The fourth-order valence-corrected chi connectivity index (χ4v) is 7.17. The van der Waals surface area contributed by atoms with Gasteiger partial charge in [0.2, 0.25) is 10.0 Å². The minimum Gasteiger partial charge on any atom is -0.298 e. The van der Waals surface area contributed by atoms with E-state index in [4.69, 9.17) is 0 Å². The number of fused-ring (bicyclic) bond motifs is 3. The van der Waals surface area contributed by atoms with Gasteiger partial charge in [0.25, 0.3) is 5.91 Å². The second-order valence-corrected chi connectivity index (χ2v) is 11.9. The highest BCUT2D eigenvalue weighted by molar-refractivity contribution is 7.89. The first-order valence-corrected chi connectivity index (χ1v) is 13.3. The number of aromatic nitrogens is 1. The number of nitrogens with zero attached hydrogens (tertiary/aromatic N) is 2. The fraction of sp³-hybridized carbons (Fsp3) is 0.280. The molecule has 6 nitrogen and oxygen atoms in total. The molecule has 3 aromatic carbocycles. The minimum atomic E-state index is -3.58. The molecule has 0 aliphatic carbocycles. The van der Waals surface area contributed by atoms with E-state index in [-0.39, 0.29) is 10.8 Å². The van der Waals surface area contributed by atoms with Crippen molar-refractivity contribution >= 4 is 53.4 Å². The standard InChI is InChI=1S/C25H25N3O3S2/c1-16-13-17(2)15-28(14-16)33(30,31)20-10-7-19(8-11-20)24(29)27-25-26-23-21-6-4-3-5-18(21)9-12-22(23)32-25/h3-12,16-17H,13-15H2,1-2H3,(H,26,27,29)/t16-,17+. The predicted molar refractivity (Wildman–Crippen MR) is 133 cm³/mol. The molecule has 1 aliphatic rings. The topological polar surface area (TPSA) is 79.4 Å². The van der Waals surface area contributed by atoms with Crippen LogP contribution in [0.5, 0.6) is 0 Å². The zero-order valence-corrected chi connectivity index (χ0v) is 20.1. The third-order valence-corrected chi connectivity index (χ3v) is 8.88. The van der Waals surface area contributed by atoms with E-state index in [1.807, 2.05) is 36.4 Å². The highest BCUT2D eigenvalue weighted by atomic mass is 32.2. The third kappa shape index (κ3) is 4.26. The second-order valence-electron chi connectivity index (χ2n) is 8.90. The smallest absolute Gasteiger partial charge is 0.257 e. The molecule has 33 heavy (non-hydrogen) atoms. The van der Waals surface area contributed by atoms with E-state index in [2.05, 4.69) is 24.1 Å². The van der Waals surface area contributed by atoms with Crippen LogP contribution >= 0.6 is 11.3 Å². The molecule has 170 valence electrons. The minimum absolute atomic E-state index is 0.215. The number of anilines is 1. The van der Waals surface area contributed by atoms with Gasteiger partial charge in [0.05, 0.1) is 15.1 Å². The number of carbonyl (C=O) groups is 1. The summed E-state index contributed by atoms with van der Waals surface area (Å²) in [6.45, 7) is 5.22. The first-order valence-electron chi connectivity index (χ1n) is 11.0. The number of nitrogens with one attached hydrogen (secondary N) is 1. The molecule has 1 aromatic heterocycles. The van der Waals surface area contributed by atoms with Gasteiger partial charge in [0.1, 0.15) is 0 Å². The Kier molecular flexibility index (Phi) is 5.68. The summed E-state index contributed by atoms with van der Waals surface area (Å²) >= 11 is 1.42. The molecule has 1 aliphatic heterocycles. The molecular weight excluding hydrogens is 454 g/mol. The summed E-state index contributed by atoms with van der Waals surface area (Å²) in [5.74, 6) is 0.349. The van der Waals surface area contributed by atoms with Crippen molar-refractivity contribution in [1.29, 1.82) is 0 Å². The molecule has 1 saturated heterocycles. The Morgan fingerprint density at radius 2 is 1.70 bits per heavy atom. The van der Waals surface area contributed by atoms with Gasteiger partial charge in [-0.25, -0.2) is 13.4 Å². The summed E-state index contributed by atoms with van der Waals surface area (Å²) in [6.07, 6.45) is 1.03. The molecule has 5 rings (SSSR count). The van der Waals surface area contributed by atoms with E-state index in [1.165, 1.54) is 23.5 Å². The summed E-state index contributed by atoms with van der Waals surface area (Å²) in [5.41, 5.74) is 1.25. The van der Waals surface area contributed by atoms with Crippen LogP contribution in [0.1, 0.15) is 30.6 Å². The van der Waals surface area contributed by atoms with Crippen molar-refractivity contribution in [3.8, 4) is 0 Å². The Labute approximate surface area is 197 Å². The van der Waals surface area contributed by atoms with Gasteiger partial charge in [0, 0.05) is 24.0 Å². The first-order chi connectivity index (χ1) is 15.8. The van der Waals surface area contributed by atoms with E-state index in [0.717, 1.165) is 27.4 Å². The van der Waals surface area contributed by atoms with E-state index < -0.39 is 10.0 Å². The maximum absolute atomic E-state index is 13.1. The van der Waals surface area contributed by atoms with Gasteiger partial charge in [-0.3, -0.25) is 10.1 Å². The maximum Gasteiger partial charge on any atom is 0.257 e. The Morgan fingerprint density at radius 1 is 1.00 bits per heavy atom. The fourth-order valence-electron chi connectivity index (χ4n) is 4.61. The largest absolute Gasteiger partial charge is 0.298 e. The van der Waals surface area contributed by atoms with Crippen molar-refractivity contribution < 1.29 is 13.2 Å². The number of carbonyl (C=O) groups excluding carboxylic acids is 1. The summed E-state index contributed by atoms with van der Waals surface area (Å²) in [7, 11) is -3.58. The number of benzene rings is 3. The Hall–Kier alpha value is -2.81. The molecule has 8 heteroatoms. The summed E-state index contributed by atoms with van der Waals surface area (Å²) in [6, 6.07) is 18.2. The summed E-state index contributed by atoms with van der Waals surface area (Å²) < 4.78 is 28.7. The van der Waals surface area contributed by atoms with Gasteiger partial charge in [-0.15, -0.1) is 0 Å². The number of thiazole rings is 1. The molecule has 1 N–H and O–H groups in total. The van der Waals surface area contributed by atoms with Crippen LogP contribution in [0.2, 0.25) is 0 Å². The van der Waals surface area contributed by atoms with Crippen LogP contribution in [0.15, 0.2) is 65.6 Å². The van der Waals surface area contributed by atoms with E-state index >= 15 is 0 Å². The van der Waals surface area contributed by atoms with Crippen molar-refractivity contribution in [3.05, 3.63) is 66.2 Å². The van der Waals surface area contributed by atoms with Gasteiger partial charge in [0.15, 0.2) is 5.13 Å². The molecule has 4 aromatic rings. The van der Waals surface area contributed by atoms with Crippen molar-refractivity contribution in [1.82, 2.24) is 9.29 Å². The SMILES string of the molecule is C[C@@H]1C[C@H](C)CN(S(=O)(=O)c2ccc(C(=O)Nc3nc4c(ccc5ccccc54)s3)cc2)C1. The van der Waals surface area contributed by atoms with Gasteiger partial charge in [-0.2, -0.15) is 4.31 Å². The predicted octanol–water partition coefficient (Wildman–Crippen LogP) is 5.37.